The number of aliphatic hydroxyl groups is 2. The number of hydrogen-bond donors (Lipinski definition) is 3. The van der Waals surface area contributed by atoms with Crippen molar-refractivity contribution in [3.8, 4) is 11.3 Å². The van der Waals surface area contributed by atoms with Gasteiger partial charge in [-0.15, -0.1) is 5.10 Å². The fraction of sp³-hybridized carbons (Fsp3) is 0.368. The van der Waals surface area contributed by atoms with E-state index in [4.69, 9.17) is 4.74 Å². The van der Waals surface area contributed by atoms with Crippen molar-refractivity contribution in [2.24, 2.45) is 0 Å². The Kier molecular flexibility index (Phi) is 5.14. The Labute approximate surface area is 165 Å². The minimum atomic E-state index is -0.901. The number of benzene rings is 1. The lowest BCUT2D eigenvalue weighted by atomic mass is 10.1. The number of aryl methyl sites for hydroxylation is 1. The summed E-state index contributed by atoms with van der Waals surface area (Å²) >= 11 is 0. The molecule has 3 aromatic rings. The molecule has 152 valence electrons. The van der Waals surface area contributed by atoms with Gasteiger partial charge >= 0.3 is 5.69 Å². The molecule has 0 amide bonds. The van der Waals surface area contributed by atoms with E-state index in [0.29, 0.717) is 12.2 Å². The average Bonchev–Trinajstić information content (AvgIpc) is 3.30. The predicted molar refractivity (Wildman–Crippen MR) is 102 cm³/mol. The summed E-state index contributed by atoms with van der Waals surface area (Å²) in [7, 11) is 0. The largest absolute Gasteiger partial charge is 0.394 e. The van der Waals surface area contributed by atoms with E-state index in [1.807, 2.05) is 31.2 Å². The fourth-order valence-corrected chi connectivity index (χ4v) is 3.39. The second kappa shape index (κ2) is 7.74. The Morgan fingerprint density at radius 2 is 2.07 bits per heavy atom. The van der Waals surface area contributed by atoms with Gasteiger partial charge in [0.2, 0.25) is 0 Å². The first-order chi connectivity index (χ1) is 14.0. The summed E-state index contributed by atoms with van der Waals surface area (Å²) in [4.78, 5) is 26.8. The third-order valence-corrected chi connectivity index (χ3v) is 5.07. The molecule has 1 saturated heterocycles. The molecule has 0 unspecified atom stereocenters. The van der Waals surface area contributed by atoms with E-state index in [0.717, 1.165) is 11.1 Å². The van der Waals surface area contributed by atoms with Gasteiger partial charge in [0.15, 0.2) is 0 Å². The van der Waals surface area contributed by atoms with Crippen LogP contribution >= 0.6 is 0 Å². The highest BCUT2D eigenvalue weighted by Gasteiger charge is 2.35. The molecule has 1 aromatic carbocycles. The Morgan fingerprint density at radius 1 is 1.28 bits per heavy atom. The second-order valence-electron chi connectivity index (χ2n) is 7.05. The van der Waals surface area contributed by atoms with E-state index in [-0.39, 0.29) is 18.6 Å². The molecule has 0 saturated carbocycles. The van der Waals surface area contributed by atoms with Gasteiger partial charge in [0, 0.05) is 12.6 Å². The van der Waals surface area contributed by atoms with E-state index in [1.54, 1.807) is 10.9 Å². The van der Waals surface area contributed by atoms with Crippen LogP contribution in [0, 0.1) is 6.92 Å². The molecule has 0 spiro atoms. The number of ether oxygens (including phenoxy) is 1. The number of nitrogens with zero attached hydrogens (tertiary/aromatic N) is 4. The molecule has 3 heterocycles. The molecule has 4 rings (SSSR count). The highest BCUT2D eigenvalue weighted by atomic mass is 16.5. The molecule has 0 aliphatic carbocycles. The van der Waals surface area contributed by atoms with Crippen molar-refractivity contribution < 1.29 is 14.9 Å². The van der Waals surface area contributed by atoms with Crippen molar-refractivity contribution in [3.05, 3.63) is 68.6 Å². The third-order valence-electron chi connectivity index (χ3n) is 5.07. The molecule has 1 aliphatic heterocycles. The number of H-pyrrole nitrogens is 1. The number of rotatable bonds is 5. The molecule has 10 nitrogen and oxygen atoms in total. The zero-order valence-electron chi connectivity index (χ0n) is 15.7. The third kappa shape index (κ3) is 3.77. The Balaban J connectivity index is 1.64. The van der Waals surface area contributed by atoms with Gasteiger partial charge in [-0.3, -0.25) is 14.3 Å². The lowest BCUT2D eigenvalue weighted by molar-refractivity contribution is -0.0458. The first-order valence-electron chi connectivity index (χ1n) is 9.21. The van der Waals surface area contributed by atoms with Crippen molar-refractivity contribution in [1.29, 1.82) is 0 Å². The van der Waals surface area contributed by atoms with Crippen LogP contribution in [-0.4, -0.2) is 53.6 Å². The van der Waals surface area contributed by atoms with Gasteiger partial charge in [-0.25, -0.2) is 9.48 Å². The number of aromatic amines is 1. The molecule has 2 aromatic heterocycles. The number of hydrogen-bond acceptors (Lipinski definition) is 7. The monoisotopic (exact) mass is 399 g/mol. The second-order valence-corrected chi connectivity index (χ2v) is 7.05. The topological polar surface area (TPSA) is 135 Å². The van der Waals surface area contributed by atoms with Gasteiger partial charge in [0.1, 0.15) is 18.0 Å². The maximum absolute atomic E-state index is 12.3. The Bertz CT molecular complexity index is 1130. The van der Waals surface area contributed by atoms with E-state index in [1.165, 1.54) is 10.8 Å². The summed E-state index contributed by atoms with van der Waals surface area (Å²) in [6, 6.07) is 7.89. The lowest BCUT2D eigenvalue weighted by Gasteiger charge is -2.14. The van der Waals surface area contributed by atoms with Gasteiger partial charge in [-0.1, -0.05) is 29.5 Å². The molecule has 1 fully saturated rings. The van der Waals surface area contributed by atoms with Crippen LogP contribution < -0.4 is 11.2 Å². The van der Waals surface area contributed by atoms with Crippen LogP contribution in [0.1, 0.15) is 23.8 Å². The van der Waals surface area contributed by atoms with Crippen molar-refractivity contribution >= 4 is 0 Å². The number of aliphatic hydroxyl groups excluding tert-OH is 2. The molecule has 3 N–H and O–H groups in total. The molecule has 3 atom stereocenters. The smallest absolute Gasteiger partial charge is 0.330 e. The van der Waals surface area contributed by atoms with Gasteiger partial charge < -0.3 is 14.9 Å². The van der Waals surface area contributed by atoms with E-state index in [9.17, 15) is 19.8 Å². The van der Waals surface area contributed by atoms with Crippen molar-refractivity contribution in [2.75, 3.05) is 6.61 Å². The zero-order valence-corrected chi connectivity index (χ0v) is 15.7. The van der Waals surface area contributed by atoms with Gasteiger partial charge in [0.25, 0.3) is 5.56 Å². The normalized spacial score (nSPS) is 21.6. The highest BCUT2D eigenvalue weighted by molar-refractivity contribution is 5.54. The van der Waals surface area contributed by atoms with Crippen molar-refractivity contribution in [3.63, 3.8) is 0 Å². The van der Waals surface area contributed by atoms with Gasteiger partial charge in [-0.2, -0.15) is 0 Å². The van der Waals surface area contributed by atoms with E-state index >= 15 is 0 Å². The van der Waals surface area contributed by atoms with E-state index < -0.39 is 29.7 Å². The summed E-state index contributed by atoms with van der Waals surface area (Å²) in [6.45, 7) is 2.13. The molecule has 0 bridgehead atoms. The summed E-state index contributed by atoms with van der Waals surface area (Å²) < 4.78 is 8.32. The number of nitrogens with one attached hydrogen (secondary N) is 1. The van der Waals surface area contributed by atoms with Crippen LogP contribution in [0.3, 0.4) is 0 Å². The van der Waals surface area contributed by atoms with Crippen molar-refractivity contribution in [2.45, 2.75) is 38.3 Å². The first kappa shape index (κ1) is 19.2. The van der Waals surface area contributed by atoms with E-state index in [2.05, 4.69) is 15.3 Å². The summed E-state index contributed by atoms with van der Waals surface area (Å²) in [5.41, 5.74) is 1.41. The van der Waals surface area contributed by atoms with Crippen LogP contribution in [0.15, 0.2) is 46.2 Å². The van der Waals surface area contributed by atoms with Crippen LogP contribution in [0.2, 0.25) is 0 Å². The molecule has 0 radical (unpaired) electrons. The molecule has 1 aliphatic rings. The fourth-order valence-electron chi connectivity index (χ4n) is 3.39. The highest BCUT2D eigenvalue weighted by Crippen LogP contribution is 2.27. The van der Waals surface area contributed by atoms with Crippen LogP contribution in [0.4, 0.5) is 0 Å². The lowest BCUT2D eigenvalue weighted by Crippen LogP contribution is -2.33. The van der Waals surface area contributed by atoms with Crippen LogP contribution in [0.5, 0.6) is 0 Å². The van der Waals surface area contributed by atoms with Gasteiger partial charge in [0.05, 0.1) is 31.0 Å². The van der Waals surface area contributed by atoms with Crippen LogP contribution in [0.25, 0.3) is 11.3 Å². The summed E-state index contributed by atoms with van der Waals surface area (Å²) in [5, 5.41) is 27.3. The maximum atomic E-state index is 12.3. The summed E-state index contributed by atoms with van der Waals surface area (Å²) in [5.74, 6) is 0. The predicted octanol–water partition coefficient (Wildman–Crippen LogP) is -0.207. The maximum Gasteiger partial charge on any atom is 0.330 e. The first-order valence-corrected chi connectivity index (χ1v) is 9.21. The Morgan fingerprint density at radius 3 is 2.79 bits per heavy atom. The SMILES string of the molecule is Cc1ccccc1Cn1cc(-c2cn([C@H]3C[C@H](O)[C@@H](CO)O3)c(=O)[nH]c2=O)nn1. The standard InChI is InChI=1S/C19H21N5O5/c1-11-4-2-3-5-12(11)7-23-9-14(21-22-23)13-8-24(19(28)20-18(13)27)17-6-15(26)16(10-25)29-17/h2-5,8-9,15-17,25-26H,6-7,10H2,1H3,(H,20,27,28)/t15-,16+,17+/m0/s1. The molecule has 10 heteroatoms. The number of aromatic nitrogens is 5. The average molecular weight is 399 g/mol. The minimum Gasteiger partial charge on any atom is -0.394 e. The molecule has 29 heavy (non-hydrogen) atoms. The minimum absolute atomic E-state index is 0.122. The molecular formula is C19H21N5O5. The zero-order chi connectivity index (χ0) is 20.5. The molecular weight excluding hydrogens is 378 g/mol. The van der Waals surface area contributed by atoms with Crippen LogP contribution in [-0.2, 0) is 11.3 Å². The Hall–Kier alpha value is -3.08. The quantitative estimate of drug-likeness (QED) is 0.540. The van der Waals surface area contributed by atoms with Gasteiger partial charge in [-0.05, 0) is 18.1 Å². The summed E-state index contributed by atoms with van der Waals surface area (Å²) in [6.07, 6.45) is 0.621. The van der Waals surface area contributed by atoms with Crippen molar-refractivity contribution in [1.82, 2.24) is 24.5 Å².